The monoisotopic (exact) mass is 276 g/mol. The van der Waals surface area contributed by atoms with Crippen LogP contribution in [0.15, 0.2) is 41.6 Å². The van der Waals surface area contributed by atoms with Crippen molar-refractivity contribution in [2.24, 2.45) is 0 Å². The van der Waals surface area contributed by atoms with Crippen molar-refractivity contribution in [3.8, 4) is 0 Å². The van der Waals surface area contributed by atoms with Crippen LogP contribution in [0.1, 0.15) is 6.92 Å². The van der Waals surface area contributed by atoms with Crippen LogP contribution in [0.2, 0.25) is 0 Å². The summed E-state index contributed by atoms with van der Waals surface area (Å²) in [6, 6.07) is 7.76. The van der Waals surface area contributed by atoms with Gasteiger partial charge in [-0.1, -0.05) is 19.1 Å². The van der Waals surface area contributed by atoms with E-state index in [0.29, 0.717) is 5.69 Å². The van der Waals surface area contributed by atoms with Crippen LogP contribution in [-0.4, -0.2) is 21.4 Å². The Morgan fingerprint density at radius 3 is 2.95 bits per heavy atom. The molecule has 19 heavy (non-hydrogen) atoms. The zero-order chi connectivity index (χ0) is 13.7. The SMILES string of the molecule is CCSc1ccccc1NC(=O)Cn1cc(N)cn1. The molecule has 100 valence electrons. The smallest absolute Gasteiger partial charge is 0.246 e. The van der Waals surface area contributed by atoms with Crippen LogP contribution in [0.4, 0.5) is 11.4 Å². The molecule has 5 nitrogen and oxygen atoms in total. The highest BCUT2D eigenvalue weighted by atomic mass is 32.2. The lowest BCUT2D eigenvalue weighted by Gasteiger charge is -2.09. The van der Waals surface area contributed by atoms with E-state index in [4.69, 9.17) is 5.73 Å². The van der Waals surface area contributed by atoms with Crippen molar-refractivity contribution in [1.29, 1.82) is 0 Å². The number of carbonyl (C=O) groups is 1. The third-order valence-electron chi connectivity index (χ3n) is 2.42. The van der Waals surface area contributed by atoms with Gasteiger partial charge < -0.3 is 11.1 Å². The number of nitrogens with zero attached hydrogens (tertiary/aromatic N) is 2. The first-order valence-corrected chi connectivity index (χ1v) is 6.97. The van der Waals surface area contributed by atoms with Crippen LogP contribution in [-0.2, 0) is 11.3 Å². The molecule has 0 radical (unpaired) electrons. The van der Waals surface area contributed by atoms with E-state index in [1.54, 1.807) is 18.0 Å². The Morgan fingerprint density at radius 1 is 1.47 bits per heavy atom. The summed E-state index contributed by atoms with van der Waals surface area (Å²) in [6.07, 6.45) is 3.15. The van der Waals surface area contributed by atoms with E-state index in [1.165, 1.54) is 10.9 Å². The van der Waals surface area contributed by atoms with E-state index in [0.717, 1.165) is 16.3 Å². The molecule has 0 aliphatic heterocycles. The van der Waals surface area contributed by atoms with Crippen LogP contribution >= 0.6 is 11.8 Å². The Morgan fingerprint density at radius 2 is 2.26 bits per heavy atom. The van der Waals surface area contributed by atoms with Gasteiger partial charge >= 0.3 is 0 Å². The van der Waals surface area contributed by atoms with Gasteiger partial charge in [0.15, 0.2) is 0 Å². The predicted octanol–water partition coefficient (Wildman–Crippen LogP) is 2.22. The maximum Gasteiger partial charge on any atom is 0.246 e. The molecule has 1 aromatic carbocycles. The molecule has 0 aliphatic rings. The van der Waals surface area contributed by atoms with Gasteiger partial charge in [-0.15, -0.1) is 11.8 Å². The Bertz CT molecular complexity index is 567. The second-order valence-electron chi connectivity index (χ2n) is 3.95. The van der Waals surface area contributed by atoms with Gasteiger partial charge in [0.1, 0.15) is 6.54 Å². The first kappa shape index (κ1) is 13.5. The second-order valence-corrected chi connectivity index (χ2v) is 5.25. The van der Waals surface area contributed by atoms with Gasteiger partial charge in [-0.25, -0.2) is 0 Å². The van der Waals surface area contributed by atoms with Crippen LogP contribution in [0.5, 0.6) is 0 Å². The van der Waals surface area contributed by atoms with E-state index in [9.17, 15) is 4.79 Å². The lowest BCUT2D eigenvalue weighted by atomic mass is 10.3. The molecule has 0 spiro atoms. The molecule has 1 aromatic heterocycles. The number of nitrogen functional groups attached to an aromatic ring is 1. The highest BCUT2D eigenvalue weighted by Crippen LogP contribution is 2.26. The fraction of sp³-hybridized carbons (Fsp3) is 0.231. The lowest BCUT2D eigenvalue weighted by Crippen LogP contribution is -2.19. The molecule has 1 amide bonds. The number of thioether (sulfide) groups is 1. The number of nitrogens with two attached hydrogens (primary N) is 1. The molecule has 0 bridgehead atoms. The van der Waals surface area contributed by atoms with Gasteiger partial charge in [0.2, 0.25) is 5.91 Å². The first-order valence-electron chi connectivity index (χ1n) is 5.98. The zero-order valence-corrected chi connectivity index (χ0v) is 11.5. The molecule has 0 aliphatic carbocycles. The molecule has 0 atom stereocenters. The minimum absolute atomic E-state index is 0.118. The Labute approximate surface area is 116 Å². The average molecular weight is 276 g/mol. The summed E-state index contributed by atoms with van der Waals surface area (Å²) in [5, 5.41) is 6.87. The number of amides is 1. The lowest BCUT2D eigenvalue weighted by molar-refractivity contribution is -0.116. The number of hydrogen-bond donors (Lipinski definition) is 2. The van der Waals surface area contributed by atoms with Gasteiger partial charge in [0.25, 0.3) is 0 Å². The maximum atomic E-state index is 11.9. The molecule has 0 unspecified atom stereocenters. The Hall–Kier alpha value is -1.95. The maximum absolute atomic E-state index is 11.9. The average Bonchev–Trinajstić information content (AvgIpc) is 2.77. The molecule has 0 saturated heterocycles. The summed E-state index contributed by atoms with van der Waals surface area (Å²) in [5.74, 6) is 0.843. The standard InChI is InChI=1S/C13H16N4OS/c1-2-19-12-6-4-3-5-11(12)16-13(18)9-17-8-10(14)7-15-17/h3-8H,2,9,14H2,1H3,(H,16,18). The van der Waals surface area contributed by atoms with Gasteiger partial charge in [-0.2, -0.15) is 5.10 Å². The van der Waals surface area contributed by atoms with E-state index < -0.39 is 0 Å². The van der Waals surface area contributed by atoms with E-state index in [1.807, 2.05) is 24.3 Å². The molecular formula is C13H16N4OS. The third-order valence-corrected chi connectivity index (χ3v) is 3.38. The van der Waals surface area contributed by atoms with Crippen molar-refractivity contribution in [1.82, 2.24) is 9.78 Å². The van der Waals surface area contributed by atoms with Crippen LogP contribution in [0.3, 0.4) is 0 Å². The number of anilines is 2. The highest BCUT2D eigenvalue weighted by Gasteiger charge is 2.07. The summed E-state index contributed by atoms with van der Waals surface area (Å²) >= 11 is 1.70. The summed E-state index contributed by atoms with van der Waals surface area (Å²) in [4.78, 5) is 13.0. The molecule has 0 saturated carbocycles. The summed E-state index contributed by atoms with van der Waals surface area (Å²) in [5.41, 5.74) is 6.94. The minimum atomic E-state index is -0.118. The fourth-order valence-corrected chi connectivity index (χ4v) is 2.41. The number of benzene rings is 1. The van der Waals surface area contributed by atoms with Crippen molar-refractivity contribution in [3.63, 3.8) is 0 Å². The minimum Gasteiger partial charge on any atom is -0.396 e. The van der Waals surface area contributed by atoms with E-state index in [-0.39, 0.29) is 12.5 Å². The molecule has 0 fully saturated rings. The molecule has 6 heteroatoms. The van der Waals surface area contributed by atoms with Crippen LogP contribution < -0.4 is 11.1 Å². The molecule has 2 rings (SSSR count). The van der Waals surface area contributed by atoms with Crippen LogP contribution in [0.25, 0.3) is 0 Å². The number of para-hydroxylation sites is 1. The van der Waals surface area contributed by atoms with Crippen molar-refractivity contribution in [2.75, 3.05) is 16.8 Å². The Kier molecular flexibility index (Phi) is 4.46. The van der Waals surface area contributed by atoms with Gasteiger partial charge in [0.05, 0.1) is 17.6 Å². The topological polar surface area (TPSA) is 72.9 Å². The van der Waals surface area contributed by atoms with Crippen LogP contribution in [0, 0.1) is 0 Å². The van der Waals surface area contributed by atoms with E-state index >= 15 is 0 Å². The third kappa shape index (κ3) is 3.75. The van der Waals surface area contributed by atoms with E-state index in [2.05, 4.69) is 17.3 Å². The zero-order valence-electron chi connectivity index (χ0n) is 10.7. The number of rotatable bonds is 5. The quantitative estimate of drug-likeness (QED) is 0.821. The largest absolute Gasteiger partial charge is 0.396 e. The number of hydrogen-bond acceptors (Lipinski definition) is 4. The predicted molar refractivity (Wildman–Crippen MR) is 78.1 cm³/mol. The Balaban J connectivity index is 2.02. The fourth-order valence-electron chi connectivity index (χ4n) is 1.65. The van der Waals surface area contributed by atoms with Gasteiger partial charge in [-0.3, -0.25) is 9.48 Å². The van der Waals surface area contributed by atoms with Gasteiger partial charge in [0, 0.05) is 11.1 Å². The summed E-state index contributed by atoms with van der Waals surface area (Å²) in [7, 11) is 0. The number of nitrogens with one attached hydrogen (secondary N) is 1. The van der Waals surface area contributed by atoms with Crippen molar-refractivity contribution in [2.45, 2.75) is 18.4 Å². The second kappa shape index (κ2) is 6.29. The van der Waals surface area contributed by atoms with Gasteiger partial charge in [-0.05, 0) is 17.9 Å². The molecule has 1 heterocycles. The summed E-state index contributed by atoms with van der Waals surface area (Å²) < 4.78 is 1.51. The highest BCUT2D eigenvalue weighted by molar-refractivity contribution is 7.99. The molecule has 2 aromatic rings. The number of aromatic nitrogens is 2. The summed E-state index contributed by atoms with van der Waals surface area (Å²) in [6.45, 7) is 2.23. The first-order chi connectivity index (χ1) is 9.19. The number of carbonyl (C=O) groups excluding carboxylic acids is 1. The molecular weight excluding hydrogens is 260 g/mol. The van der Waals surface area contributed by atoms with Crippen molar-refractivity contribution >= 4 is 29.0 Å². The normalized spacial score (nSPS) is 10.4. The molecule has 3 N–H and O–H groups in total. The van der Waals surface area contributed by atoms with Crippen molar-refractivity contribution in [3.05, 3.63) is 36.7 Å². The van der Waals surface area contributed by atoms with Crippen molar-refractivity contribution < 1.29 is 4.79 Å².